The summed E-state index contributed by atoms with van der Waals surface area (Å²) in [7, 11) is 1.34. The van der Waals surface area contributed by atoms with E-state index in [4.69, 9.17) is 4.74 Å². The zero-order chi connectivity index (χ0) is 23.9. The third-order valence-corrected chi connectivity index (χ3v) is 5.47. The number of esters is 1. The Labute approximate surface area is 198 Å². The van der Waals surface area contributed by atoms with Crippen LogP contribution >= 0.6 is 0 Å². The first-order chi connectivity index (χ1) is 16.5. The van der Waals surface area contributed by atoms with Crippen LogP contribution in [0.3, 0.4) is 0 Å². The fourth-order valence-corrected chi connectivity index (χ4v) is 3.77. The van der Waals surface area contributed by atoms with Crippen molar-refractivity contribution in [1.82, 2.24) is 0 Å². The molecule has 6 heteroatoms. The molecule has 3 aromatic carbocycles. The van der Waals surface area contributed by atoms with Gasteiger partial charge >= 0.3 is 5.97 Å². The zero-order valence-corrected chi connectivity index (χ0v) is 18.8. The topological polar surface area (TPSA) is 75.7 Å². The molecular formula is C28H24N2O4. The van der Waals surface area contributed by atoms with Crippen molar-refractivity contribution in [2.75, 3.05) is 23.9 Å². The Morgan fingerprint density at radius 2 is 1.68 bits per heavy atom. The highest BCUT2D eigenvalue weighted by Crippen LogP contribution is 2.22. The van der Waals surface area contributed by atoms with E-state index in [1.807, 2.05) is 48.5 Å². The van der Waals surface area contributed by atoms with Crippen molar-refractivity contribution in [3.63, 3.8) is 0 Å². The first kappa shape index (κ1) is 22.8. The number of rotatable bonds is 5. The van der Waals surface area contributed by atoms with Crippen molar-refractivity contribution in [2.45, 2.75) is 19.3 Å². The van der Waals surface area contributed by atoms with Crippen LogP contribution in [0.25, 0.3) is 0 Å². The number of amides is 2. The van der Waals surface area contributed by atoms with E-state index in [0.29, 0.717) is 23.2 Å². The second-order valence-corrected chi connectivity index (χ2v) is 7.94. The van der Waals surface area contributed by atoms with E-state index < -0.39 is 5.97 Å². The van der Waals surface area contributed by atoms with Gasteiger partial charge in [-0.1, -0.05) is 36.1 Å². The van der Waals surface area contributed by atoms with Gasteiger partial charge in [0.1, 0.15) is 0 Å². The Morgan fingerprint density at radius 3 is 2.35 bits per heavy atom. The maximum atomic E-state index is 12.5. The molecule has 1 aliphatic heterocycles. The number of methoxy groups -OCH3 is 1. The van der Waals surface area contributed by atoms with Crippen molar-refractivity contribution in [2.24, 2.45) is 0 Å². The van der Waals surface area contributed by atoms with E-state index in [1.54, 1.807) is 29.2 Å². The van der Waals surface area contributed by atoms with Gasteiger partial charge in [-0.15, -0.1) is 0 Å². The van der Waals surface area contributed by atoms with Crippen molar-refractivity contribution < 1.29 is 19.1 Å². The Bertz CT molecular complexity index is 1290. The number of hydrogen-bond acceptors (Lipinski definition) is 4. The van der Waals surface area contributed by atoms with Crippen LogP contribution in [0.1, 0.15) is 39.9 Å². The SMILES string of the molecule is COC(=O)c1cccc(C#Cc2cccc(NC(=O)Cc3ccc(N4CCCC4=O)cc3)c2)c1. The average Bonchev–Trinajstić information content (AvgIpc) is 3.29. The fourth-order valence-electron chi connectivity index (χ4n) is 3.77. The summed E-state index contributed by atoms with van der Waals surface area (Å²) in [5, 5.41) is 2.90. The summed E-state index contributed by atoms with van der Waals surface area (Å²) in [6, 6.07) is 21.7. The molecule has 4 rings (SSSR count). The number of ether oxygens (including phenoxy) is 1. The van der Waals surface area contributed by atoms with Crippen LogP contribution in [-0.2, 0) is 20.7 Å². The Morgan fingerprint density at radius 1 is 0.971 bits per heavy atom. The highest BCUT2D eigenvalue weighted by molar-refractivity contribution is 5.95. The number of hydrogen-bond donors (Lipinski definition) is 1. The first-order valence-electron chi connectivity index (χ1n) is 11.0. The molecule has 6 nitrogen and oxygen atoms in total. The lowest BCUT2D eigenvalue weighted by Gasteiger charge is -2.15. The summed E-state index contributed by atoms with van der Waals surface area (Å²) in [5.74, 6) is 5.69. The van der Waals surface area contributed by atoms with E-state index in [0.717, 1.165) is 29.8 Å². The van der Waals surface area contributed by atoms with Gasteiger partial charge in [0.25, 0.3) is 0 Å². The Balaban J connectivity index is 1.38. The molecule has 2 amide bonds. The van der Waals surface area contributed by atoms with Crippen molar-refractivity contribution in [3.05, 3.63) is 95.1 Å². The van der Waals surface area contributed by atoms with Gasteiger partial charge in [-0.2, -0.15) is 0 Å². The molecule has 0 atom stereocenters. The smallest absolute Gasteiger partial charge is 0.337 e. The molecule has 0 radical (unpaired) electrons. The summed E-state index contributed by atoms with van der Waals surface area (Å²) in [5.41, 5.74) is 4.26. The predicted molar refractivity (Wildman–Crippen MR) is 131 cm³/mol. The number of anilines is 2. The highest BCUT2D eigenvalue weighted by atomic mass is 16.5. The second kappa shape index (κ2) is 10.5. The van der Waals surface area contributed by atoms with Gasteiger partial charge in [0.2, 0.25) is 11.8 Å². The minimum atomic E-state index is -0.410. The van der Waals surface area contributed by atoms with Gasteiger partial charge < -0.3 is 15.0 Å². The lowest BCUT2D eigenvalue weighted by Crippen LogP contribution is -2.23. The van der Waals surface area contributed by atoms with Gasteiger partial charge in [0.05, 0.1) is 19.1 Å². The molecule has 0 spiro atoms. The van der Waals surface area contributed by atoms with Crippen LogP contribution in [0.15, 0.2) is 72.8 Å². The molecule has 0 bridgehead atoms. The first-order valence-corrected chi connectivity index (χ1v) is 11.0. The van der Waals surface area contributed by atoms with Gasteiger partial charge in [-0.3, -0.25) is 9.59 Å². The number of carbonyl (C=O) groups excluding carboxylic acids is 3. The van der Waals surface area contributed by atoms with E-state index in [9.17, 15) is 14.4 Å². The lowest BCUT2D eigenvalue weighted by atomic mass is 10.1. The number of carbonyl (C=O) groups is 3. The fraction of sp³-hybridized carbons (Fsp3) is 0.179. The summed E-state index contributed by atoms with van der Waals surface area (Å²) >= 11 is 0. The maximum absolute atomic E-state index is 12.5. The molecule has 1 N–H and O–H groups in total. The normalized spacial score (nSPS) is 12.6. The van der Waals surface area contributed by atoms with Crippen LogP contribution < -0.4 is 10.2 Å². The predicted octanol–water partition coefficient (Wildman–Crippen LogP) is 4.18. The molecule has 3 aromatic rings. The van der Waals surface area contributed by atoms with Gasteiger partial charge in [0.15, 0.2) is 0 Å². The molecule has 1 saturated heterocycles. The summed E-state index contributed by atoms with van der Waals surface area (Å²) in [6.45, 7) is 0.745. The molecule has 1 fully saturated rings. The monoisotopic (exact) mass is 452 g/mol. The average molecular weight is 453 g/mol. The highest BCUT2D eigenvalue weighted by Gasteiger charge is 2.21. The van der Waals surface area contributed by atoms with Gasteiger partial charge in [0, 0.05) is 35.5 Å². The largest absolute Gasteiger partial charge is 0.465 e. The van der Waals surface area contributed by atoms with E-state index in [2.05, 4.69) is 17.2 Å². The molecule has 0 aliphatic carbocycles. The Hall–Kier alpha value is -4.37. The van der Waals surface area contributed by atoms with Gasteiger partial charge in [-0.25, -0.2) is 4.79 Å². The van der Waals surface area contributed by atoms with Crippen LogP contribution in [-0.4, -0.2) is 31.4 Å². The number of nitrogens with one attached hydrogen (secondary N) is 1. The summed E-state index contributed by atoms with van der Waals surface area (Å²) in [6.07, 6.45) is 1.70. The molecule has 170 valence electrons. The lowest BCUT2D eigenvalue weighted by molar-refractivity contribution is -0.117. The van der Waals surface area contributed by atoms with Crippen LogP contribution in [0.2, 0.25) is 0 Å². The molecular weight excluding hydrogens is 428 g/mol. The molecule has 0 aromatic heterocycles. The van der Waals surface area contributed by atoms with Crippen LogP contribution in [0.5, 0.6) is 0 Å². The van der Waals surface area contributed by atoms with E-state index >= 15 is 0 Å². The molecule has 0 saturated carbocycles. The zero-order valence-electron chi connectivity index (χ0n) is 18.8. The number of benzene rings is 3. The van der Waals surface area contributed by atoms with E-state index in [-0.39, 0.29) is 18.2 Å². The minimum absolute atomic E-state index is 0.138. The summed E-state index contributed by atoms with van der Waals surface area (Å²) in [4.78, 5) is 37.9. The second-order valence-electron chi connectivity index (χ2n) is 7.94. The molecule has 34 heavy (non-hydrogen) atoms. The number of nitrogens with zero attached hydrogens (tertiary/aromatic N) is 1. The standard InChI is InChI=1S/C28H24N2O4/c1-34-28(33)23-7-2-5-20(17-23)10-11-21-6-3-8-24(18-21)29-26(31)19-22-12-14-25(15-13-22)30-16-4-9-27(30)32/h2-3,5-8,12-15,17-18H,4,9,16,19H2,1H3,(H,29,31). The maximum Gasteiger partial charge on any atom is 0.337 e. The van der Waals surface area contributed by atoms with Crippen molar-refractivity contribution in [3.8, 4) is 11.8 Å². The third kappa shape index (κ3) is 5.70. The quantitative estimate of drug-likeness (QED) is 0.466. The van der Waals surface area contributed by atoms with Crippen molar-refractivity contribution >= 4 is 29.2 Å². The van der Waals surface area contributed by atoms with Gasteiger partial charge in [-0.05, 0) is 60.5 Å². The molecule has 1 heterocycles. The molecule has 1 aliphatic rings. The minimum Gasteiger partial charge on any atom is -0.465 e. The van der Waals surface area contributed by atoms with Crippen molar-refractivity contribution in [1.29, 1.82) is 0 Å². The van der Waals surface area contributed by atoms with E-state index in [1.165, 1.54) is 7.11 Å². The third-order valence-electron chi connectivity index (χ3n) is 5.47. The molecule has 0 unspecified atom stereocenters. The van der Waals surface area contributed by atoms with Crippen LogP contribution in [0.4, 0.5) is 11.4 Å². The van der Waals surface area contributed by atoms with Crippen LogP contribution in [0, 0.1) is 11.8 Å². The summed E-state index contributed by atoms with van der Waals surface area (Å²) < 4.78 is 4.74. The Kier molecular flexibility index (Phi) is 7.04.